The van der Waals surface area contributed by atoms with Crippen LogP contribution in [0.5, 0.6) is 0 Å². The fraction of sp³-hybridized carbons (Fsp3) is 0.294. The van der Waals surface area contributed by atoms with Gasteiger partial charge in [-0.25, -0.2) is 4.98 Å². The number of H-pyrrole nitrogens is 1. The van der Waals surface area contributed by atoms with Gasteiger partial charge in [0.2, 0.25) is 5.91 Å². The molecule has 2 aromatic rings. The Balaban J connectivity index is 2.11. The average Bonchev–Trinajstić information content (AvgIpc) is 2.47. The fourth-order valence-corrected chi connectivity index (χ4v) is 2.47. The van der Waals surface area contributed by atoms with Crippen molar-refractivity contribution in [2.24, 2.45) is 0 Å². The lowest BCUT2D eigenvalue weighted by atomic mass is 9.99. The number of aromatic amines is 1. The number of anilines is 1. The number of amides is 1. The summed E-state index contributed by atoms with van der Waals surface area (Å²) >= 11 is 0. The zero-order valence-electron chi connectivity index (χ0n) is 13.4. The van der Waals surface area contributed by atoms with Crippen molar-refractivity contribution < 1.29 is 4.79 Å². The Hall–Kier alpha value is -2.94. The molecule has 0 saturated heterocycles. The first-order valence-corrected chi connectivity index (χ1v) is 7.27. The number of aryl methyl sites for hydroxylation is 2. The molecule has 0 spiro atoms. The first kappa shape index (κ1) is 16.4. The minimum Gasteiger partial charge on any atom is -0.325 e. The van der Waals surface area contributed by atoms with E-state index in [0.29, 0.717) is 23.5 Å². The van der Waals surface area contributed by atoms with Gasteiger partial charge in [0, 0.05) is 18.3 Å². The van der Waals surface area contributed by atoms with Gasteiger partial charge in [-0.2, -0.15) is 5.26 Å². The topological polar surface area (TPSA) is 98.6 Å². The number of nitriles is 1. The summed E-state index contributed by atoms with van der Waals surface area (Å²) in [5.74, 6) is 0.356. The minimum absolute atomic E-state index is 0.103. The molecule has 6 heteroatoms. The molecule has 0 saturated carbocycles. The molecule has 1 amide bonds. The summed E-state index contributed by atoms with van der Waals surface area (Å²) in [5, 5.41) is 11.8. The number of hydrogen-bond donors (Lipinski definition) is 2. The lowest BCUT2D eigenvalue weighted by Crippen LogP contribution is -2.18. The highest BCUT2D eigenvalue weighted by Gasteiger charge is 2.13. The summed E-state index contributed by atoms with van der Waals surface area (Å²) in [6, 6.07) is 5.56. The number of carbonyl (C=O) groups excluding carboxylic acids is 1. The van der Waals surface area contributed by atoms with Crippen LogP contribution in [0, 0.1) is 32.1 Å². The van der Waals surface area contributed by atoms with Gasteiger partial charge < -0.3 is 10.3 Å². The summed E-state index contributed by atoms with van der Waals surface area (Å²) < 4.78 is 0. The Morgan fingerprint density at radius 3 is 2.78 bits per heavy atom. The minimum atomic E-state index is -0.389. The average molecular weight is 310 g/mol. The summed E-state index contributed by atoms with van der Waals surface area (Å²) in [4.78, 5) is 30.5. The van der Waals surface area contributed by atoms with Crippen molar-refractivity contribution in [3.63, 3.8) is 0 Å². The molecule has 2 aromatic heterocycles. The molecule has 2 heterocycles. The maximum absolute atomic E-state index is 12.1. The first-order chi connectivity index (χ1) is 10.9. The smallest absolute Gasteiger partial charge is 0.266 e. The van der Waals surface area contributed by atoms with Gasteiger partial charge in [0.1, 0.15) is 17.5 Å². The Kier molecular flexibility index (Phi) is 4.91. The zero-order chi connectivity index (χ0) is 17.0. The number of pyridine rings is 2. The maximum Gasteiger partial charge on any atom is 0.266 e. The summed E-state index contributed by atoms with van der Waals surface area (Å²) in [6.45, 7) is 5.43. The molecule has 0 aliphatic carbocycles. The van der Waals surface area contributed by atoms with Crippen molar-refractivity contribution >= 4 is 11.7 Å². The molecule has 0 unspecified atom stereocenters. The lowest BCUT2D eigenvalue weighted by Gasteiger charge is -2.11. The number of nitrogens with zero attached hydrogens (tertiary/aromatic N) is 2. The third-order valence-electron chi connectivity index (χ3n) is 3.71. The molecule has 0 aromatic carbocycles. The van der Waals surface area contributed by atoms with E-state index in [9.17, 15) is 9.59 Å². The van der Waals surface area contributed by atoms with E-state index in [2.05, 4.69) is 15.3 Å². The normalized spacial score (nSPS) is 10.2. The largest absolute Gasteiger partial charge is 0.325 e. The molecule has 118 valence electrons. The Labute approximate surface area is 134 Å². The second kappa shape index (κ2) is 6.88. The van der Waals surface area contributed by atoms with Gasteiger partial charge in [-0.3, -0.25) is 9.59 Å². The van der Waals surface area contributed by atoms with Gasteiger partial charge in [0.25, 0.3) is 5.56 Å². The standard InChI is InChI=1S/C17H18N4O2/c1-10-6-7-19-15(8-10)21-16(22)5-4-13-11(2)14(9-18)17(23)20-12(13)3/h6-8H,4-5H2,1-3H3,(H,20,23)(H,19,21,22). The molecule has 23 heavy (non-hydrogen) atoms. The van der Waals surface area contributed by atoms with E-state index in [1.165, 1.54) is 0 Å². The van der Waals surface area contributed by atoms with E-state index in [4.69, 9.17) is 5.26 Å². The molecule has 2 N–H and O–H groups in total. The SMILES string of the molecule is Cc1ccnc(NC(=O)CCc2c(C)[nH]c(=O)c(C#N)c2C)c1. The monoisotopic (exact) mass is 310 g/mol. The van der Waals surface area contributed by atoms with Crippen molar-refractivity contribution in [3.8, 4) is 6.07 Å². The van der Waals surface area contributed by atoms with E-state index in [1.54, 1.807) is 26.1 Å². The molecule has 0 fully saturated rings. The number of nitrogens with one attached hydrogen (secondary N) is 2. The van der Waals surface area contributed by atoms with Crippen LogP contribution in [0.2, 0.25) is 0 Å². The highest BCUT2D eigenvalue weighted by molar-refractivity contribution is 5.89. The molecular formula is C17H18N4O2. The molecule has 0 radical (unpaired) electrons. The predicted molar refractivity (Wildman–Crippen MR) is 87.2 cm³/mol. The van der Waals surface area contributed by atoms with Crippen LogP contribution in [0.4, 0.5) is 5.82 Å². The molecule has 0 aliphatic rings. The van der Waals surface area contributed by atoms with Crippen LogP contribution in [-0.2, 0) is 11.2 Å². The Bertz CT molecular complexity index is 847. The summed E-state index contributed by atoms with van der Waals surface area (Å²) in [7, 11) is 0. The number of carbonyl (C=O) groups is 1. The highest BCUT2D eigenvalue weighted by Crippen LogP contribution is 2.15. The van der Waals surface area contributed by atoms with Crippen molar-refractivity contribution in [1.29, 1.82) is 5.26 Å². The van der Waals surface area contributed by atoms with Gasteiger partial charge in [-0.15, -0.1) is 0 Å². The van der Waals surface area contributed by atoms with Crippen molar-refractivity contribution in [1.82, 2.24) is 9.97 Å². The van der Waals surface area contributed by atoms with Gasteiger partial charge in [0.05, 0.1) is 0 Å². The summed E-state index contributed by atoms with van der Waals surface area (Å²) in [6.07, 6.45) is 2.33. The second-order valence-electron chi connectivity index (χ2n) is 5.44. The molecule has 2 rings (SSSR count). The van der Waals surface area contributed by atoms with Crippen LogP contribution in [-0.4, -0.2) is 15.9 Å². The van der Waals surface area contributed by atoms with Crippen LogP contribution in [0.3, 0.4) is 0 Å². The van der Waals surface area contributed by atoms with E-state index in [1.807, 2.05) is 19.1 Å². The highest BCUT2D eigenvalue weighted by atomic mass is 16.1. The van der Waals surface area contributed by atoms with Crippen molar-refractivity contribution in [3.05, 3.63) is 56.6 Å². The first-order valence-electron chi connectivity index (χ1n) is 7.27. The predicted octanol–water partition coefficient (Wildman–Crippen LogP) is 2.14. The second-order valence-corrected chi connectivity index (χ2v) is 5.44. The van der Waals surface area contributed by atoms with Crippen LogP contribution in [0.25, 0.3) is 0 Å². The Morgan fingerprint density at radius 2 is 2.13 bits per heavy atom. The van der Waals surface area contributed by atoms with Crippen LogP contribution >= 0.6 is 0 Å². The van der Waals surface area contributed by atoms with Gasteiger partial charge in [-0.05, 0) is 56.0 Å². The quantitative estimate of drug-likeness (QED) is 0.903. The van der Waals surface area contributed by atoms with Crippen molar-refractivity contribution in [2.45, 2.75) is 33.6 Å². The maximum atomic E-state index is 12.1. The van der Waals surface area contributed by atoms with E-state index in [0.717, 1.165) is 11.1 Å². The van der Waals surface area contributed by atoms with E-state index >= 15 is 0 Å². The van der Waals surface area contributed by atoms with Crippen LogP contribution in [0.15, 0.2) is 23.1 Å². The van der Waals surface area contributed by atoms with Gasteiger partial charge >= 0.3 is 0 Å². The lowest BCUT2D eigenvalue weighted by molar-refractivity contribution is -0.116. The fourth-order valence-electron chi connectivity index (χ4n) is 2.47. The molecular weight excluding hydrogens is 292 g/mol. The third kappa shape index (κ3) is 3.83. The van der Waals surface area contributed by atoms with Crippen LogP contribution in [0.1, 0.15) is 34.4 Å². The third-order valence-corrected chi connectivity index (χ3v) is 3.71. The molecule has 6 nitrogen and oxygen atoms in total. The molecule has 0 atom stereocenters. The van der Waals surface area contributed by atoms with E-state index < -0.39 is 0 Å². The van der Waals surface area contributed by atoms with E-state index in [-0.39, 0.29) is 23.5 Å². The van der Waals surface area contributed by atoms with Gasteiger partial charge in [0.15, 0.2) is 0 Å². The van der Waals surface area contributed by atoms with Crippen LogP contribution < -0.4 is 10.9 Å². The Morgan fingerprint density at radius 1 is 1.39 bits per heavy atom. The summed E-state index contributed by atoms with van der Waals surface area (Å²) in [5.41, 5.74) is 2.88. The zero-order valence-corrected chi connectivity index (χ0v) is 13.4. The van der Waals surface area contributed by atoms with Gasteiger partial charge in [-0.1, -0.05) is 0 Å². The number of hydrogen-bond acceptors (Lipinski definition) is 4. The molecule has 0 aliphatic heterocycles. The van der Waals surface area contributed by atoms with Crippen molar-refractivity contribution in [2.75, 3.05) is 5.32 Å². The number of aromatic nitrogens is 2. The molecule has 0 bridgehead atoms. The number of rotatable bonds is 4.